The molecule has 2 heterocycles. The number of carbonyl (C=O) groups excluding carboxylic acids is 1. The molecule has 22 heavy (non-hydrogen) atoms. The number of benzene rings is 1. The van der Waals surface area contributed by atoms with Crippen molar-refractivity contribution in [1.82, 2.24) is 24.9 Å². The van der Waals surface area contributed by atoms with Gasteiger partial charge in [-0.1, -0.05) is 12.1 Å². The van der Waals surface area contributed by atoms with Gasteiger partial charge in [-0.15, -0.1) is 0 Å². The molecule has 1 aliphatic rings. The summed E-state index contributed by atoms with van der Waals surface area (Å²) in [5.41, 5.74) is 3.29. The average molecular weight is 301 g/mol. The Morgan fingerprint density at radius 3 is 2.73 bits per heavy atom. The molecule has 7 heteroatoms. The number of hydrogen-bond donors (Lipinski definition) is 1. The Labute approximate surface area is 128 Å². The maximum absolute atomic E-state index is 12.3. The Hall–Kier alpha value is -2.25. The number of nitrogens with one attached hydrogen (secondary N) is 1. The van der Waals surface area contributed by atoms with Gasteiger partial charge in [-0.25, -0.2) is 9.99 Å². The second-order valence-corrected chi connectivity index (χ2v) is 5.52. The Kier molecular flexibility index (Phi) is 4.17. The number of fused-ring (bicyclic) bond motifs is 1. The van der Waals surface area contributed by atoms with Crippen molar-refractivity contribution < 1.29 is 4.79 Å². The van der Waals surface area contributed by atoms with Gasteiger partial charge in [-0.05, 0) is 19.2 Å². The molecule has 0 radical (unpaired) electrons. The van der Waals surface area contributed by atoms with Crippen molar-refractivity contribution in [1.29, 1.82) is 0 Å². The van der Waals surface area contributed by atoms with E-state index in [0.29, 0.717) is 10.9 Å². The van der Waals surface area contributed by atoms with E-state index < -0.39 is 0 Å². The SMILES string of the molecule is CN1CCN(NC(=O)Cn2cnc3ccccc3c2=O)CC1. The molecule has 1 aromatic heterocycles. The van der Waals surface area contributed by atoms with Crippen molar-refractivity contribution >= 4 is 16.8 Å². The minimum absolute atomic E-state index is 0.0248. The number of amides is 1. The van der Waals surface area contributed by atoms with Crippen molar-refractivity contribution in [2.75, 3.05) is 33.2 Å². The molecule has 0 atom stereocenters. The quantitative estimate of drug-likeness (QED) is 0.841. The van der Waals surface area contributed by atoms with Crippen LogP contribution in [0.2, 0.25) is 0 Å². The molecule has 0 spiro atoms. The number of para-hydroxylation sites is 1. The summed E-state index contributed by atoms with van der Waals surface area (Å²) in [5, 5.41) is 2.42. The molecule has 1 aliphatic heterocycles. The van der Waals surface area contributed by atoms with Crippen molar-refractivity contribution in [2.45, 2.75) is 6.54 Å². The van der Waals surface area contributed by atoms with Gasteiger partial charge in [0.2, 0.25) is 0 Å². The Balaban J connectivity index is 1.69. The molecule has 1 aromatic carbocycles. The maximum atomic E-state index is 12.3. The number of rotatable bonds is 3. The monoisotopic (exact) mass is 301 g/mol. The van der Waals surface area contributed by atoms with Crippen molar-refractivity contribution in [3.05, 3.63) is 40.9 Å². The van der Waals surface area contributed by atoms with Crippen LogP contribution in [0.15, 0.2) is 35.4 Å². The zero-order valence-electron chi connectivity index (χ0n) is 12.5. The normalized spacial score (nSPS) is 16.8. The average Bonchev–Trinajstić information content (AvgIpc) is 2.53. The zero-order valence-corrected chi connectivity index (χ0v) is 12.5. The largest absolute Gasteiger partial charge is 0.304 e. The number of nitrogens with zero attached hydrogens (tertiary/aromatic N) is 4. The molecular formula is C15H19N5O2. The van der Waals surface area contributed by atoms with Crippen LogP contribution in [0, 0.1) is 0 Å². The van der Waals surface area contributed by atoms with Crippen LogP contribution in [-0.4, -0.2) is 58.6 Å². The molecule has 0 saturated carbocycles. The Bertz CT molecular complexity index is 734. The van der Waals surface area contributed by atoms with Crippen LogP contribution in [0.1, 0.15) is 0 Å². The molecule has 1 N–H and O–H groups in total. The van der Waals surface area contributed by atoms with E-state index in [2.05, 4.69) is 22.4 Å². The van der Waals surface area contributed by atoms with Crippen LogP contribution in [-0.2, 0) is 11.3 Å². The van der Waals surface area contributed by atoms with E-state index in [1.54, 1.807) is 18.2 Å². The number of hydrogen-bond acceptors (Lipinski definition) is 5. The number of aromatic nitrogens is 2. The van der Waals surface area contributed by atoms with Gasteiger partial charge in [-0.3, -0.25) is 19.6 Å². The van der Waals surface area contributed by atoms with Crippen LogP contribution < -0.4 is 11.0 Å². The van der Waals surface area contributed by atoms with Crippen LogP contribution in [0.3, 0.4) is 0 Å². The van der Waals surface area contributed by atoms with Gasteiger partial charge in [0.1, 0.15) is 6.54 Å². The second-order valence-electron chi connectivity index (χ2n) is 5.52. The van der Waals surface area contributed by atoms with E-state index in [1.165, 1.54) is 10.9 Å². The zero-order chi connectivity index (χ0) is 15.5. The highest BCUT2D eigenvalue weighted by atomic mass is 16.2. The first-order valence-corrected chi connectivity index (χ1v) is 7.30. The fourth-order valence-electron chi connectivity index (χ4n) is 2.50. The van der Waals surface area contributed by atoms with E-state index in [-0.39, 0.29) is 18.0 Å². The summed E-state index contributed by atoms with van der Waals surface area (Å²) in [6.07, 6.45) is 1.42. The molecule has 0 unspecified atom stereocenters. The first-order valence-electron chi connectivity index (χ1n) is 7.30. The fraction of sp³-hybridized carbons (Fsp3) is 0.400. The number of piperazine rings is 1. The predicted molar refractivity (Wildman–Crippen MR) is 83.2 cm³/mol. The summed E-state index contributed by atoms with van der Waals surface area (Å²) >= 11 is 0. The highest BCUT2D eigenvalue weighted by Crippen LogP contribution is 2.04. The predicted octanol–water partition coefficient (Wildman–Crippen LogP) is -0.325. The van der Waals surface area contributed by atoms with Gasteiger partial charge in [0.15, 0.2) is 0 Å². The summed E-state index contributed by atoms with van der Waals surface area (Å²) in [4.78, 5) is 30.8. The van der Waals surface area contributed by atoms with Gasteiger partial charge in [0.05, 0.1) is 17.2 Å². The second kappa shape index (κ2) is 6.25. The Morgan fingerprint density at radius 1 is 1.23 bits per heavy atom. The minimum Gasteiger partial charge on any atom is -0.304 e. The van der Waals surface area contributed by atoms with E-state index in [4.69, 9.17) is 0 Å². The van der Waals surface area contributed by atoms with Gasteiger partial charge in [0.25, 0.3) is 11.5 Å². The van der Waals surface area contributed by atoms with E-state index >= 15 is 0 Å². The van der Waals surface area contributed by atoms with Crippen molar-refractivity contribution in [3.8, 4) is 0 Å². The number of likely N-dealkylation sites (N-methyl/N-ethyl adjacent to an activating group) is 1. The summed E-state index contributed by atoms with van der Waals surface area (Å²) in [7, 11) is 2.06. The lowest BCUT2D eigenvalue weighted by Crippen LogP contribution is -2.53. The molecule has 1 amide bonds. The molecule has 0 bridgehead atoms. The van der Waals surface area contributed by atoms with Crippen LogP contribution in [0.25, 0.3) is 10.9 Å². The molecule has 116 valence electrons. The summed E-state index contributed by atoms with van der Waals surface area (Å²) < 4.78 is 1.34. The first-order chi connectivity index (χ1) is 10.6. The van der Waals surface area contributed by atoms with E-state index in [9.17, 15) is 9.59 Å². The molecule has 1 saturated heterocycles. The lowest BCUT2D eigenvalue weighted by molar-refractivity contribution is -0.127. The minimum atomic E-state index is -0.205. The summed E-state index contributed by atoms with van der Waals surface area (Å²) in [6.45, 7) is 3.37. The van der Waals surface area contributed by atoms with Crippen molar-refractivity contribution in [3.63, 3.8) is 0 Å². The van der Waals surface area contributed by atoms with Gasteiger partial charge in [-0.2, -0.15) is 0 Å². The smallest absolute Gasteiger partial charge is 0.261 e. The summed E-state index contributed by atoms with van der Waals surface area (Å²) in [6, 6.07) is 7.13. The number of carbonyl (C=O) groups is 1. The molecule has 3 rings (SSSR count). The standard InChI is InChI=1S/C15H19N5O2/c1-18-6-8-20(9-7-18)17-14(21)10-19-11-16-13-5-3-2-4-12(13)15(19)22/h2-5,11H,6-10H2,1H3,(H,17,21). The van der Waals surface area contributed by atoms with E-state index in [1.807, 2.05) is 11.1 Å². The third-order valence-corrected chi connectivity index (χ3v) is 3.83. The highest BCUT2D eigenvalue weighted by molar-refractivity contribution is 5.78. The topological polar surface area (TPSA) is 70.5 Å². The lowest BCUT2D eigenvalue weighted by atomic mass is 10.2. The molecule has 2 aromatic rings. The first kappa shape index (κ1) is 14.7. The molecule has 1 fully saturated rings. The lowest BCUT2D eigenvalue weighted by Gasteiger charge is -2.32. The Morgan fingerprint density at radius 2 is 1.95 bits per heavy atom. The maximum Gasteiger partial charge on any atom is 0.261 e. The molecule has 0 aliphatic carbocycles. The molecule has 7 nitrogen and oxygen atoms in total. The summed E-state index contributed by atoms with van der Waals surface area (Å²) in [5.74, 6) is -0.205. The number of hydrazine groups is 1. The van der Waals surface area contributed by atoms with Crippen LogP contribution >= 0.6 is 0 Å². The highest BCUT2D eigenvalue weighted by Gasteiger charge is 2.16. The van der Waals surface area contributed by atoms with Gasteiger partial charge in [0, 0.05) is 26.2 Å². The van der Waals surface area contributed by atoms with Gasteiger partial charge >= 0.3 is 0 Å². The molecular weight excluding hydrogens is 282 g/mol. The van der Waals surface area contributed by atoms with Crippen LogP contribution in [0.4, 0.5) is 0 Å². The van der Waals surface area contributed by atoms with Crippen LogP contribution in [0.5, 0.6) is 0 Å². The third kappa shape index (κ3) is 3.15. The van der Waals surface area contributed by atoms with Gasteiger partial charge < -0.3 is 4.90 Å². The third-order valence-electron chi connectivity index (χ3n) is 3.83. The van der Waals surface area contributed by atoms with E-state index in [0.717, 1.165) is 26.2 Å². The fourth-order valence-corrected chi connectivity index (χ4v) is 2.50. The van der Waals surface area contributed by atoms with Crippen molar-refractivity contribution in [2.24, 2.45) is 0 Å².